The highest BCUT2D eigenvalue weighted by Gasteiger charge is 2.20. The van der Waals surface area contributed by atoms with Gasteiger partial charge >= 0.3 is 0 Å². The number of nitrogens with one attached hydrogen (secondary N) is 1. The second kappa shape index (κ2) is 6.23. The third-order valence-corrected chi connectivity index (χ3v) is 3.16. The molecule has 3 nitrogen and oxygen atoms in total. The molecule has 1 fully saturated rings. The minimum absolute atomic E-state index is 0.0759. The Morgan fingerprint density at radius 1 is 1.44 bits per heavy atom. The summed E-state index contributed by atoms with van der Waals surface area (Å²) < 4.78 is 0. The van der Waals surface area contributed by atoms with Gasteiger partial charge in [-0.15, -0.1) is 0 Å². The second-order valence-corrected chi connectivity index (χ2v) is 4.59. The summed E-state index contributed by atoms with van der Waals surface area (Å²) in [5, 5.41) is 11.5. The van der Waals surface area contributed by atoms with Gasteiger partial charge in [-0.05, 0) is 37.0 Å². The van der Waals surface area contributed by atoms with Crippen molar-refractivity contribution in [3.63, 3.8) is 0 Å². The Bertz CT molecular complexity index is 481. The van der Waals surface area contributed by atoms with Crippen LogP contribution in [0.25, 0.3) is 0 Å². The lowest BCUT2D eigenvalue weighted by Crippen LogP contribution is -2.20. The predicted molar refractivity (Wildman–Crippen MR) is 71.0 cm³/mol. The first-order chi connectivity index (χ1) is 8.78. The topological polar surface area (TPSA) is 49.3 Å². The fourth-order valence-electron chi connectivity index (χ4n) is 1.99. The molecule has 0 saturated heterocycles. The van der Waals surface area contributed by atoms with Crippen LogP contribution >= 0.6 is 0 Å². The van der Waals surface area contributed by atoms with E-state index in [2.05, 4.69) is 17.2 Å². The first-order valence-electron chi connectivity index (χ1n) is 6.27. The van der Waals surface area contributed by atoms with Gasteiger partial charge in [0.1, 0.15) is 6.61 Å². The second-order valence-electron chi connectivity index (χ2n) is 4.59. The number of rotatable bonds is 3. The van der Waals surface area contributed by atoms with Crippen molar-refractivity contribution in [2.24, 2.45) is 5.92 Å². The molecule has 1 saturated carbocycles. The summed E-state index contributed by atoms with van der Waals surface area (Å²) >= 11 is 0. The lowest BCUT2D eigenvalue weighted by Gasteiger charge is -2.24. The molecule has 94 valence electrons. The number of aliphatic hydroxyl groups is 1. The lowest BCUT2D eigenvalue weighted by molar-refractivity contribution is -0.117. The summed E-state index contributed by atoms with van der Waals surface area (Å²) in [6, 6.07) is 7.37. The summed E-state index contributed by atoms with van der Waals surface area (Å²) in [4.78, 5) is 11.8. The van der Waals surface area contributed by atoms with Crippen LogP contribution < -0.4 is 5.32 Å². The van der Waals surface area contributed by atoms with E-state index in [9.17, 15) is 4.79 Å². The molecular weight excluding hydrogens is 226 g/mol. The van der Waals surface area contributed by atoms with Crippen LogP contribution in [0.4, 0.5) is 5.69 Å². The van der Waals surface area contributed by atoms with Crippen molar-refractivity contribution in [2.45, 2.75) is 25.7 Å². The highest BCUT2D eigenvalue weighted by Crippen LogP contribution is 2.29. The van der Waals surface area contributed by atoms with E-state index in [-0.39, 0.29) is 12.5 Å². The Kier molecular flexibility index (Phi) is 4.38. The molecule has 18 heavy (non-hydrogen) atoms. The maximum Gasteiger partial charge on any atom is 0.224 e. The third kappa shape index (κ3) is 3.61. The van der Waals surface area contributed by atoms with Gasteiger partial charge in [-0.25, -0.2) is 0 Å². The molecular formula is C15H17NO2. The minimum atomic E-state index is -0.154. The highest BCUT2D eigenvalue weighted by molar-refractivity contribution is 5.91. The SMILES string of the molecule is O=C(CC1CCC1)Nc1cccc(C#CCO)c1. The van der Waals surface area contributed by atoms with Gasteiger partial charge < -0.3 is 10.4 Å². The standard InChI is InChI=1S/C15H17NO2/c17-9-3-7-12-6-2-8-14(10-12)16-15(18)11-13-4-1-5-13/h2,6,8,10,13,17H,1,4-5,9,11H2,(H,16,18). The van der Waals surface area contributed by atoms with E-state index >= 15 is 0 Å². The first kappa shape index (κ1) is 12.7. The van der Waals surface area contributed by atoms with Gasteiger partial charge in [-0.1, -0.05) is 24.3 Å². The summed E-state index contributed by atoms with van der Waals surface area (Å²) in [5.41, 5.74) is 1.56. The van der Waals surface area contributed by atoms with Crippen molar-refractivity contribution in [1.29, 1.82) is 0 Å². The average molecular weight is 243 g/mol. The van der Waals surface area contributed by atoms with Gasteiger partial charge in [0.15, 0.2) is 0 Å². The maximum atomic E-state index is 11.8. The molecule has 0 atom stereocenters. The Balaban J connectivity index is 1.93. The van der Waals surface area contributed by atoms with Crippen LogP contribution in [0.1, 0.15) is 31.2 Å². The van der Waals surface area contributed by atoms with E-state index < -0.39 is 0 Å². The Labute approximate surface area is 107 Å². The number of aliphatic hydroxyl groups excluding tert-OH is 1. The van der Waals surface area contributed by atoms with Crippen molar-refractivity contribution >= 4 is 11.6 Å². The summed E-state index contributed by atoms with van der Waals surface area (Å²) in [5.74, 6) is 6.06. The Morgan fingerprint density at radius 3 is 2.94 bits per heavy atom. The van der Waals surface area contributed by atoms with E-state index in [1.165, 1.54) is 19.3 Å². The van der Waals surface area contributed by atoms with Crippen molar-refractivity contribution in [2.75, 3.05) is 11.9 Å². The molecule has 0 radical (unpaired) electrons. The zero-order chi connectivity index (χ0) is 12.8. The monoisotopic (exact) mass is 243 g/mol. The molecule has 0 bridgehead atoms. The van der Waals surface area contributed by atoms with Crippen LogP contribution in [0.3, 0.4) is 0 Å². The molecule has 1 aliphatic rings. The molecule has 1 aliphatic carbocycles. The molecule has 0 spiro atoms. The van der Waals surface area contributed by atoms with Gasteiger partial charge in [0, 0.05) is 17.7 Å². The van der Waals surface area contributed by atoms with Gasteiger partial charge in [-0.2, -0.15) is 0 Å². The smallest absolute Gasteiger partial charge is 0.224 e. The molecule has 0 unspecified atom stereocenters. The van der Waals surface area contributed by atoms with Crippen molar-refractivity contribution < 1.29 is 9.90 Å². The number of benzene rings is 1. The Hall–Kier alpha value is -1.79. The number of anilines is 1. The Morgan fingerprint density at radius 2 is 2.28 bits per heavy atom. The van der Waals surface area contributed by atoms with Crippen LogP contribution in [-0.2, 0) is 4.79 Å². The van der Waals surface area contributed by atoms with Crippen LogP contribution in [-0.4, -0.2) is 17.6 Å². The largest absolute Gasteiger partial charge is 0.384 e. The van der Waals surface area contributed by atoms with Crippen molar-refractivity contribution in [3.8, 4) is 11.8 Å². The van der Waals surface area contributed by atoms with E-state index in [4.69, 9.17) is 5.11 Å². The van der Waals surface area contributed by atoms with Crippen LogP contribution in [0.15, 0.2) is 24.3 Å². The molecule has 2 N–H and O–H groups in total. The highest BCUT2D eigenvalue weighted by atomic mass is 16.2. The number of hydrogen-bond acceptors (Lipinski definition) is 2. The zero-order valence-electron chi connectivity index (χ0n) is 10.3. The quantitative estimate of drug-likeness (QED) is 0.799. The summed E-state index contributed by atoms with van der Waals surface area (Å²) in [6.45, 7) is -0.154. The van der Waals surface area contributed by atoms with E-state index in [0.29, 0.717) is 12.3 Å². The number of carbonyl (C=O) groups is 1. The molecule has 1 aromatic rings. The third-order valence-electron chi connectivity index (χ3n) is 3.16. The van der Waals surface area contributed by atoms with Crippen molar-refractivity contribution in [1.82, 2.24) is 0 Å². The molecule has 1 amide bonds. The summed E-state index contributed by atoms with van der Waals surface area (Å²) in [6.07, 6.45) is 4.22. The number of carbonyl (C=O) groups excluding carboxylic acids is 1. The van der Waals surface area contributed by atoms with Gasteiger partial charge in [0.2, 0.25) is 5.91 Å². The average Bonchev–Trinajstić information content (AvgIpc) is 2.32. The fourth-order valence-corrected chi connectivity index (χ4v) is 1.99. The normalized spacial score (nSPS) is 14.3. The fraction of sp³-hybridized carbons (Fsp3) is 0.400. The van der Waals surface area contributed by atoms with E-state index in [1.807, 2.05) is 24.3 Å². The molecule has 2 rings (SSSR count). The van der Waals surface area contributed by atoms with Gasteiger partial charge in [-0.3, -0.25) is 4.79 Å². The lowest BCUT2D eigenvalue weighted by atomic mass is 9.83. The zero-order valence-corrected chi connectivity index (χ0v) is 10.3. The predicted octanol–water partition coefficient (Wildman–Crippen LogP) is 2.16. The van der Waals surface area contributed by atoms with Gasteiger partial charge in [0.05, 0.1) is 0 Å². The molecule has 0 aliphatic heterocycles. The van der Waals surface area contributed by atoms with Crippen LogP contribution in [0, 0.1) is 17.8 Å². The van der Waals surface area contributed by atoms with E-state index in [0.717, 1.165) is 11.3 Å². The van der Waals surface area contributed by atoms with Gasteiger partial charge in [0.25, 0.3) is 0 Å². The molecule has 0 heterocycles. The summed E-state index contributed by atoms with van der Waals surface area (Å²) in [7, 11) is 0. The van der Waals surface area contributed by atoms with E-state index in [1.54, 1.807) is 0 Å². The minimum Gasteiger partial charge on any atom is -0.384 e. The maximum absolute atomic E-state index is 11.8. The molecule has 3 heteroatoms. The number of hydrogen-bond donors (Lipinski definition) is 2. The van der Waals surface area contributed by atoms with Crippen LogP contribution in [0.2, 0.25) is 0 Å². The number of amides is 1. The van der Waals surface area contributed by atoms with Crippen LogP contribution in [0.5, 0.6) is 0 Å². The molecule has 0 aromatic heterocycles. The first-order valence-corrected chi connectivity index (χ1v) is 6.27. The molecule has 1 aromatic carbocycles. The van der Waals surface area contributed by atoms with Crippen molar-refractivity contribution in [3.05, 3.63) is 29.8 Å².